The average molecular weight is 225 g/mol. The lowest BCUT2D eigenvalue weighted by Crippen LogP contribution is -2.18. The predicted octanol–water partition coefficient (Wildman–Crippen LogP) is 3.96. The zero-order chi connectivity index (χ0) is 11.1. The largest absolute Gasteiger partial charge is 0.493 e. The molecule has 0 spiro atoms. The Hall–Kier alpha value is -0.690. The van der Waals surface area contributed by atoms with Crippen LogP contribution in [0, 0.1) is 0 Å². The second kappa shape index (κ2) is 3.71. The molecule has 0 fully saturated rings. The van der Waals surface area contributed by atoms with Crippen LogP contribution in [-0.4, -0.2) is 6.61 Å². The van der Waals surface area contributed by atoms with Crippen LogP contribution >= 0.6 is 11.6 Å². The molecule has 1 aliphatic heterocycles. The first-order valence-corrected chi connectivity index (χ1v) is 5.82. The zero-order valence-electron chi connectivity index (χ0n) is 9.56. The van der Waals surface area contributed by atoms with E-state index in [1.54, 1.807) is 0 Å². The summed E-state index contributed by atoms with van der Waals surface area (Å²) in [6.45, 7) is 7.41. The van der Waals surface area contributed by atoms with Gasteiger partial charge >= 0.3 is 0 Å². The van der Waals surface area contributed by atoms with E-state index in [1.165, 1.54) is 11.1 Å². The van der Waals surface area contributed by atoms with E-state index >= 15 is 0 Å². The van der Waals surface area contributed by atoms with Gasteiger partial charge in [-0.25, -0.2) is 0 Å². The van der Waals surface area contributed by atoms with Crippen molar-refractivity contribution in [1.29, 1.82) is 0 Å². The highest BCUT2D eigenvalue weighted by Gasteiger charge is 2.24. The van der Waals surface area contributed by atoms with Crippen molar-refractivity contribution in [3.8, 4) is 5.75 Å². The fourth-order valence-electron chi connectivity index (χ4n) is 2.00. The number of fused-ring (bicyclic) bond motifs is 1. The highest BCUT2D eigenvalue weighted by atomic mass is 35.5. The number of aryl methyl sites for hydroxylation is 1. The lowest BCUT2D eigenvalue weighted by Gasteiger charge is -2.27. The Morgan fingerprint density at radius 1 is 1.27 bits per heavy atom. The molecule has 2 heteroatoms. The highest BCUT2D eigenvalue weighted by Crippen LogP contribution is 2.38. The molecule has 1 nitrogen and oxygen atoms in total. The number of hydrogen-bond donors (Lipinski definition) is 0. The van der Waals surface area contributed by atoms with Crippen molar-refractivity contribution in [2.45, 2.75) is 39.0 Å². The second-order valence-corrected chi connectivity index (χ2v) is 5.58. The molecule has 0 radical (unpaired) electrons. The molecule has 0 unspecified atom stereocenters. The summed E-state index contributed by atoms with van der Waals surface area (Å²) < 4.78 is 5.78. The zero-order valence-corrected chi connectivity index (χ0v) is 10.3. The Morgan fingerprint density at radius 2 is 2.00 bits per heavy atom. The summed E-state index contributed by atoms with van der Waals surface area (Å²) in [5, 5.41) is 0.823. The van der Waals surface area contributed by atoms with Crippen LogP contribution in [0.4, 0.5) is 0 Å². The molecule has 1 aromatic rings. The monoisotopic (exact) mass is 224 g/mol. The lowest BCUT2D eigenvalue weighted by atomic mass is 9.84. The lowest BCUT2D eigenvalue weighted by molar-refractivity contribution is 0.280. The van der Waals surface area contributed by atoms with Crippen LogP contribution in [0.25, 0.3) is 0 Å². The maximum Gasteiger partial charge on any atom is 0.126 e. The fourth-order valence-corrected chi connectivity index (χ4v) is 2.24. The quantitative estimate of drug-likeness (QED) is 0.648. The summed E-state index contributed by atoms with van der Waals surface area (Å²) in [7, 11) is 0. The fraction of sp³-hybridized carbons (Fsp3) is 0.538. The van der Waals surface area contributed by atoms with Crippen molar-refractivity contribution in [2.24, 2.45) is 0 Å². The van der Waals surface area contributed by atoms with Gasteiger partial charge in [0.1, 0.15) is 5.75 Å². The van der Waals surface area contributed by atoms with Crippen molar-refractivity contribution in [3.63, 3.8) is 0 Å². The van der Waals surface area contributed by atoms with Gasteiger partial charge in [0.15, 0.2) is 0 Å². The molecule has 0 aliphatic carbocycles. The third-order valence-electron chi connectivity index (χ3n) is 2.78. The summed E-state index contributed by atoms with van der Waals surface area (Å²) in [5.41, 5.74) is 2.58. The summed E-state index contributed by atoms with van der Waals surface area (Å²) in [6.07, 6.45) is 2.18. The Kier molecular flexibility index (Phi) is 2.68. The van der Waals surface area contributed by atoms with Crippen LogP contribution in [0.2, 0.25) is 5.02 Å². The van der Waals surface area contributed by atoms with Crippen molar-refractivity contribution >= 4 is 11.6 Å². The summed E-state index contributed by atoms with van der Waals surface area (Å²) in [5.74, 6) is 1.07. The maximum absolute atomic E-state index is 6.13. The Balaban J connectivity index is 2.58. The van der Waals surface area contributed by atoms with Crippen LogP contribution in [0.1, 0.15) is 38.3 Å². The number of benzene rings is 1. The van der Waals surface area contributed by atoms with Crippen molar-refractivity contribution < 1.29 is 4.74 Å². The molecule has 0 saturated carbocycles. The summed E-state index contributed by atoms with van der Waals surface area (Å²) in [4.78, 5) is 0. The molecule has 1 heterocycles. The van der Waals surface area contributed by atoms with Gasteiger partial charge in [0.2, 0.25) is 0 Å². The Bertz CT molecular complexity index is 377. The van der Waals surface area contributed by atoms with Crippen LogP contribution in [0.3, 0.4) is 0 Å². The molecule has 0 atom stereocenters. The topological polar surface area (TPSA) is 9.23 Å². The second-order valence-electron chi connectivity index (χ2n) is 5.14. The van der Waals surface area contributed by atoms with Gasteiger partial charge in [-0.1, -0.05) is 32.4 Å². The third-order valence-corrected chi connectivity index (χ3v) is 2.99. The minimum absolute atomic E-state index is 0.0896. The highest BCUT2D eigenvalue weighted by molar-refractivity contribution is 6.30. The van der Waals surface area contributed by atoms with Gasteiger partial charge in [-0.2, -0.15) is 0 Å². The first kappa shape index (κ1) is 10.8. The van der Waals surface area contributed by atoms with E-state index in [9.17, 15) is 0 Å². The molecular weight excluding hydrogens is 208 g/mol. The minimum Gasteiger partial charge on any atom is -0.493 e. The van der Waals surface area contributed by atoms with Gasteiger partial charge in [0.25, 0.3) is 0 Å². The molecule has 15 heavy (non-hydrogen) atoms. The van der Waals surface area contributed by atoms with Crippen LogP contribution < -0.4 is 4.74 Å². The summed E-state index contributed by atoms with van der Waals surface area (Å²) in [6, 6.07) is 4.07. The third kappa shape index (κ3) is 2.12. The molecule has 0 aromatic heterocycles. The standard InChI is InChI=1S/C13H17ClO/c1-13(2,3)11-8-10(14)7-9-5-4-6-15-12(9)11/h7-8H,4-6H2,1-3H3. The van der Waals surface area contributed by atoms with Gasteiger partial charge in [-0.3, -0.25) is 0 Å². The van der Waals surface area contributed by atoms with E-state index in [-0.39, 0.29) is 5.41 Å². The number of rotatable bonds is 0. The molecule has 0 N–H and O–H groups in total. The number of halogens is 1. The van der Waals surface area contributed by atoms with E-state index in [1.807, 2.05) is 12.1 Å². The van der Waals surface area contributed by atoms with Crippen LogP contribution in [-0.2, 0) is 11.8 Å². The molecule has 1 aromatic carbocycles. The van der Waals surface area contributed by atoms with E-state index in [0.717, 1.165) is 30.2 Å². The molecular formula is C13H17ClO. The van der Waals surface area contributed by atoms with E-state index in [4.69, 9.17) is 16.3 Å². The molecule has 2 rings (SSSR count). The Morgan fingerprint density at radius 3 is 2.67 bits per heavy atom. The van der Waals surface area contributed by atoms with Crippen LogP contribution in [0.15, 0.2) is 12.1 Å². The van der Waals surface area contributed by atoms with Crippen LogP contribution in [0.5, 0.6) is 5.75 Å². The number of hydrogen-bond acceptors (Lipinski definition) is 1. The van der Waals surface area contributed by atoms with Gasteiger partial charge < -0.3 is 4.74 Å². The SMILES string of the molecule is CC(C)(C)c1cc(Cl)cc2c1OCCC2. The van der Waals surface area contributed by atoms with E-state index in [2.05, 4.69) is 20.8 Å². The predicted molar refractivity (Wildman–Crippen MR) is 64.0 cm³/mol. The van der Waals surface area contributed by atoms with Gasteiger partial charge in [-0.05, 0) is 36.0 Å². The van der Waals surface area contributed by atoms with Crippen molar-refractivity contribution in [1.82, 2.24) is 0 Å². The maximum atomic E-state index is 6.13. The van der Waals surface area contributed by atoms with E-state index < -0.39 is 0 Å². The molecule has 0 bridgehead atoms. The first-order valence-electron chi connectivity index (χ1n) is 5.44. The van der Waals surface area contributed by atoms with E-state index in [0.29, 0.717) is 0 Å². The smallest absolute Gasteiger partial charge is 0.126 e. The van der Waals surface area contributed by atoms with Crippen molar-refractivity contribution in [3.05, 3.63) is 28.3 Å². The minimum atomic E-state index is 0.0896. The number of ether oxygens (including phenoxy) is 1. The average Bonchev–Trinajstić information content (AvgIpc) is 2.15. The molecule has 1 aliphatic rings. The summed E-state index contributed by atoms with van der Waals surface area (Å²) >= 11 is 6.13. The van der Waals surface area contributed by atoms with Crippen molar-refractivity contribution in [2.75, 3.05) is 6.61 Å². The van der Waals surface area contributed by atoms with Gasteiger partial charge in [0, 0.05) is 10.6 Å². The van der Waals surface area contributed by atoms with Gasteiger partial charge in [-0.15, -0.1) is 0 Å². The molecule has 0 saturated heterocycles. The first-order chi connectivity index (χ1) is 6.98. The molecule has 0 amide bonds. The van der Waals surface area contributed by atoms with Gasteiger partial charge in [0.05, 0.1) is 6.61 Å². The molecule has 82 valence electrons. The normalized spacial score (nSPS) is 15.7. The Labute approximate surface area is 96.4 Å².